The second-order valence-corrected chi connectivity index (χ2v) is 11.2. The molecule has 0 N–H and O–H groups in total. The standard InChI is InChI=1S/C34H33NO3/c1-6-33-25(23-14-10-8-11-15-23)26(24-16-12-9-13-17-24)34(7-2,32(33)38)28-27(33)30(36)35(31(28)37)29-21(4)18-20(3)19-22(29)5/h8-19,27-28H,6-7H2,1-5H3/t27-,28-,33-,34-/m0/s1. The van der Waals surface area contributed by atoms with E-state index in [0.29, 0.717) is 18.5 Å². The summed E-state index contributed by atoms with van der Waals surface area (Å²) in [7, 11) is 0. The minimum Gasteiger partial charge on any atom is -0.298 e. The van der Waals surface area contributed by atoms with E-state index in [9.17, 15) is 14.4 Å². The Morgan fingerprint density at radius 1 is 0.658 bits per heavy atom. The zero-order valence-corrected chi connectivity index (χ0v) is 22.7. The summed E-state index contributed by atoms with van der Waals surface area (Å²) < 4.78 is 0. The SMILES string of the molecule is CC[C@]12C(=O)[C@@](CC)(C(c3ccccc3)=C1c1ccccc1)[C@@H]1C(=O)N(c3c(C)cc(C)cc3C)C(=O)[C@H]12. The number of hydrogen-bond acceptors (Lipinski definition) is 3. The van der Waals surface area contributed by atoms with Crippen LogP contribution >= 0.6 is 0 Å². The highest BCUT2D eigenvalue weighted by Crippen LogP contribution is 2.75. The molecule has 2 amide bonds. The summed E-state index contributed by atoms with van der Waals surface area (Å²) in [5.74, 6) is -1.85. The van der Waals surface area contributed by atoms with Crippen molar-refractivity contribution in [2.75, 3.05) is 4.90 Å². The molecule has 4 nitrogen and oxygen atoms in total. The Labute approximate surface area is 224 Å². The molecule has 6 rings (SSSR count). The molecule has 3 aromatic carbocycles. The number of allylic oxidation sites excluding steroid dienone is 2. The largest absolute Gasteiger partial charge is 0.298 e. The van der Waals surface area contributed by atoms with Crippen LogP contribution in [0.4, 0.5) is 5.69 Å². The molecule has 0 radical (unpaired) electrons. The van der Waals surface area contributed by atoms with E-state index in [2.05, 4.69) is 0 Å². The minimum absolute atomic E-state index is 0.0430. The van der Waals surface area contributed by atoms with Crippen molar-refractivity contribution in [3.8, 4) is 0 Å². The van der Waals surface area contributed by atoms with Crippen LogP contribution in [-0.4, -0.2) is 17.6 Å². The van der Waals surface area contributed by atoms with E-state index in [4.69, 9.17) is 0 Å². The number of carbonyl (C=O) groups is 3. The van der Waals surface area contributed by atoms with Gasteiger partial charge in [-0.1, -0.05) is 92.2 Å². The first-order valence-electron chi connectivity index (χ1n) is 13.6. The van der Waals surface area contributed by atoms with Crippen LogP contribution in [0.25, 0.3) is 11.1 Å². The Bertz CT molecular complexity index is 1430. The fourth-order valence-corrected chi connectivity index (χ4v) is 8.20. The molecule has 0 unspecified atom stereocenters. The number of carbonyl (C=O) groups excluding carboxylic acids is 3. The van der Waals surface area contributed by atoms with Gasteiger partial charge in [-0.15, -0.1) is 0 Å². The molecule has 1 saturated carbocycles. The first kappa shape index (κ1) is 24.5. The summed E-state index contributed by atoms with van der Waals surface area (Å²) in [6, 6.07) is 24.0. The Morgan fingerprint density at radius 2 is 1.05 bits per heavy atom. The number of ketones is 1. The van der Waals surface area contributed by atoms with Crippen molar-refractivity contribution >= 4 is 34.4 Å². The van der Waals surface area contributed by atoms with E-state index >= 15 is 0 Å². The zero-order chi connectivity index (χ0) is 27.0. The van der Waals surface area contributed by atoms with Gasteiger partial charge in [-0.3, -0.25) is 14.4 Å². The lowest BCUT2D eigenvalue weighted by molar-refractivity contribution is -0.134. The Hall–Kier alpha value is -3.79. The Morgan fingerprint density at radius 3 is 1.42 bits per heavy atom. The first-order chi connectivity index (χ1) is 18.3. The van der Waals surface area contributed by atoms with Crippen LogP contribution in [0.5, 0.6) is 0 Å². The van der Waals surface area contributed by atoms with E-state index < -0.39 is 22.7 Å². The van der Waals surface area contributed by atoms with Crippen LogP contribution in [0.1, 0.15) is 54.5 Å². The number of benzene rings is 3. The topological polar surface area (TPSA) is 54.5 Å². The van der Waals surface area contributed by atoms with Crippen LogP contribution in [0.15, 0.2) is 72.8 Å². The van der Waals surface area contributed by atoms with Gasteiger partial charge in [0.25, 0.3) is 0 Å². The van der Waals surface area contributed by atoms with E-state index in [-0.39, 0.29) is 17.6 Å². The quantitative estimate of drug-likeness (QED) is 0.363. The maximum atomic E-state index is 14.8. The summed E-state index contributed by atoms with van der Waals surface area (Å²) in [4.78, 5) is 45.2. The number of imide groups is 1. The van der Waals surface area contributed by atoms with Crippen molar-refractivity contribution < 1.29 is 14.4 Å². The van der Waals surface area contributed by atoms with Crippen LogP contribution in [0.2, 0.25) is 0 Å². The summed E-state index contributed by atoms with van der Waals surface area (Å²) >= 11 is 0. The number of amides is 2. The predicted molar refractivity (Wildman–Crippen MR) is 150 cm³/mol. The van der Waals surface area contributed by atoms with Gasteiger partial charge in [0, 0.05) is 0 Å². The fourth-order valence-electron chi connectivity index (χ4n) is 8.20. The molecule has 3 aliphatic rings. The van der Waals surface area contributed by atoms with Gasteiger partial charge in [-0.2, -0.15) is 0 Å². The van der Waals surface area contributed by atoms with E-state index in [1.165, 1.54) is 4.90 Å². The maximum Gasteiger partial charge on any atom is 0.239 e. The maximum absolute atomic E-state index is 14.8. The van der Waals surface area contributed by atoms with Gasteiger partial charge in [0.15, 0.2) is 5.78 Å². The van der Waals surface area contributed by atoms with Crippen molar-refractivity contribution in [1.82, 2.24) is 0 Å². The van der Waals surface area contributed by atoms with Gasteiger partial charge in [0.1, 0.15) is 0 Å². The molecule has 0 aromatic heterocycles. The normalized spacial score (nSPS) is 28.0. The second kappa shape index (κ2) is 8.36. The van der Waals surface area contributed by atoms with Gasteiger partial charge in [-0.25, -0.2) is 4.90 Å². The molecule has 1 saturated heterocycles. The number of hydrogen-bond donors (Lipinski definition) is 0. The predicted octanol–water partition coefficient (Wildman–Crippen LogP) is 6.72. The van der Waals surface area contributed by atoms with Crippen molar-refractivity contribution in [2.45, 2.75) is 47.5 Å². The lowest BCUT2D eigenvalue weighted by atomic mass is 9.60. The van der Waals surface area contributed by atoms with E-state index in [1.54, 1.807) is 0 Å². The number of Topliss-reactive ketones (excluding diaryl/α,β-unsaturated/α-hetero) is 1. The van der Waals surface area contributed by atoms with Gasteiger partial charge < -0.3 is 0 Å². The molecule has 0 spiro atoms. The van der Waals surface area contributed by atoms with E-state index in [1.807, 2.05) is 107 Å². The van der Waals surface area contributed by atoms with Gasteiger partial charge >= 0.3 is 0 Å². The third-order valence-electron chi connectivity index (χ3n) is 9.42. The molecular formula is C34H33NO3. The zero-order valence-electron chi connectivity index (χ0n) is 22.7. The monoisotopic (exact) mass is 503 g/mol. The van der Waals surface area contributed by atoms with Crippen molar-refractivity contribution in [3.63, 3.8) is 0 Å². The van der Waals surface area contributed by atoms with Crippen molar-refractivity contribution in [1.29, 1.82) is 0 Å². The minimum atomic E-state index is -1.05. The van der Waals surface area contributed by atoms with Crippen LogP contribution in [0, 0.1) is 43.4 Å². The lowest BCUT2D eigenvalue weighted by Gasteiger charge is -2.38. The molecule has 1 heterocycles. The Balaban J connectivity index is 1.68. The second-order valence-electron chi connectivity index (χ2n) is 11.2. The summed E-state index contributed by atoms with van der Waals surface area (Å²) in [6.07, 6.45) is 0.933. The highest BCUT2D eigenvalue weighted by Gasteiger charge is 2.80. The molecule has 2 bridgehead atoms. The third-order valence-corrected chi connectivity index (χ3v) is 9.42. The molecule has 38 heavy (non-hydrogen) atoms. The smallest absolute Gasteiger partial charge is 0.239 e. The first-order valence-corrected chi connectivity index (χ1v) is 13.6. The Kier molecular flexibility index (Phi) is 5.40. The number of nitrogens with zero attached hydrogens (tertiary/aromatic N) is 1. The molecule has 4 atom stereocenters. The van der Waals surface area contributed by atoms with Crippen LogP contribution < -0.4 is 4.90 Å². The average molecular weight is 504 g/mol. The molecule has 3 aromatic rings. The van der Waals surface area contributed by atoms with Crippen molar-refractivity contribution in [2.24, 2.45) is 22.7 Å². The molecular weight excluding hydrogens is 470 g/mol. The molecule has 1 aliphatic heterocycles. The molecule has 2 aliphatic carbocycles. The molecule has 2 fully saturated rings. The molecule has 192 valence electrons. The average Bonchev–Trinajstić information content (AvgIpc) is 3.41. The number of rotatable bonds is 5. The summed E-state index contributed by atoms with van der Waals surface area (Å²) in [6.45, 7) is 9.93. The van der Waals surface area contributed by atoms with Gasteiger partial charge in [0.05, 0.1) is 28.4 Å². The lowest BCUT2D eigenvalue weighted by Crippen LogP contribution is -2.42. The summed E-state index contributed by atoms with van der Waals surface area (Å²) in [5.41, 5.74) is 5.23. The number of anilines is 1. The highest BCUT2D eigenvalue weighted by molar-refractivity contribution is 6.35. The summed E-state index contributed by atoms with van der Waals surface area (Å²) in [5, 5.41) is 0. The van der Waals surface area contributed by atoms with Gasteiger partial charge in [-0.05, 0) is 67.0 Å². The number of fused-ring (bicyclic) bond motifs is 5. The number of aryl methyl sites for hydroxylation is 3. The van der Waals surface area contributed by atoms with Gasteiger partial charge in [0.2, 0.25) is 11.8 Å². The third kappa shape index (κ3) is 2.78. The van der Waals surface area contributed by atoms with Crippen LogP contribution in [0.3, 0.4) is 0 Å². The molecule has 4 heteroatoms. The van der Waals surface area contributed by atoms with Crippen molar-refractivity contribution in [3.05, 3.63) is 101 Å². The fraction of sp³-hybridized carbons (Fsp3) is 0.324. The highest BCUT2D eigenvalue weighted by atomic mass is 16.2. The van der Waals surface area contributed by atoms with E-state index in [0.717, 1.165) is 39.0 Å². The van der Waals surface area contributed by atoms with Crippen LogP contribution in [-0.2, 0) is 14.4 Å².